The van der Waals surface area contributed by atoms with E-state index in [0.29, 0.717) is 6.54 Å². The van der Waals surface area contributed by atoms with Gasteiger partial charge < -0.3 is 14.5 Å². The molecule has 3 aromatic rings. The summed E-state index contributed by atoms with van der Waals surface area (Å²) in [6, 6.07) is 9.97. The fourth-order valence-corrected chi connectivity index (χ4v) is 3.91. The molecule has 0 saturated heterocycles. The molecule has 0 atom stereocenters. The van der Waals surface area contributed by atoms with Crippen molar-refractivity contribution in [2.45, 2.75) is 39.3 Å². The average Bonchev–Trinajstić information content (AvgIpc) is 3.22. The van der Waals surface area contributed by atoms with Crippen LogP contribution in [0.25, 0.3) is 11.3 Å². The molecule has 1 N–H and O–H groups in total. The molecule has 0 amide bonds. The summed E-state index contributed by atoms with van der Waals surface area (Å²) in [7, 11) is 0. The lowest BCUT2D eigenvalue weighted by Gasteiger charge is -2.28. The molecule has 30 heavy (non-hydrogen) atoms. The first-order chi connectivity index (χ1) is 14.6. The fraction of sp³-hybridized carbons (Fsp3) is 0.348. The van der Waals surface area contributed by atoms with Crippen molar-refractivity contribution in [2.24, 2.45) is 0 Å². The van der Waals surface area contributed by atoms with Gasteiger partial charge in [0.25, 0.3) is 5.56 Å². The molecule has 0 radical (unpaired) electrons. The molecule has 7 nitrogen and oxygen atoms in total. The summed E-state index contributed by atoms with van der Waals surface area (Å²) in [5.41, 5.74) is 4.72. The molecule has 0 aliphatic carbocycles. The number of ether oxygens (including phenoxy) is 2. The Hall–Kier alpha value is -3.19. The van der Waals surface area contributed by atoms with Crippen LogP contribution < -0.4 is 15.0 Å². The first-order valence-electron chi connectivity index (χ1n) is 10.3. The zero-order chi connectivity index (χ0) is 20.7. The van der Waals surface area contributed by atoms with Crippen LogP contribution in [0.4, 0.5) is 0 Å². The van der Waals surface area contributed by atoms with E-state index in [1.54, 1.807) is 0 Å². The average molecular weight is 404 g/mol. The van der Waals surface area contributed by atoms with E-state index in [2.05, 4.69) is 25.9 Å². The third-order valence-corrected chi connectivity index (χ3v) is 5.61. The van der Waals surface area contributed by atoms with Crippen molar-refractivity contribution in [3.8, 4) is 22.8 Å². The van der Waals surface area contributed by atoms with Gasteiger partial charge in [-0.25, -0.2) is 4.98 Å². The highest BCUT2D eigenvalue weighted by molar-refractivity contribution is 5.64. The summed E-state index contributed by atoms with van der Waals surface area (Å²) in [6.45, 7) is 6.59. The number of fused-ring (bicyclic) bond motifs is 2. The predicted octanol–water partition coefficient (Wildman–Crippen LogP) is 3.24. The molecular weight excluding hydrogens is 380 g/mol. The highest BCUT2D eigenvalue weighted by Crippen LogP contribution is 2.35. The van der Waals surface area contributed by atoms with E-state index < -0.39 is 0 Å². The molecule has 0 unspecified atom stereocenters. The fourth-order valence-electron chi connectivity index (χ4n) is 3.91. The van der Waals surface area contributed by atoms with Crippen molar-refractivity contribution in [1.29, 1.82) is 0 Å². The molecule has 0 spiro atoms. The van der Waals surface area contributed by atoms with Gasteiger partial charge in [0.15, 0.2) is 11.5 Å². The van der Waals surface area contributed by atoms with Crippen LogP contribution in [0.3, 0.4) is 0 Å². The molecule has 0 saturated carbocycles. The molecule has 0 fully saturated rings. The third kappa shape index (κ3) is 3.57. The van der Waals surface area contributed by atoms with Gasteiger partial charge in [0.2, 0.25) is 6.79 Å². The SMILES string of the molecule is CC(C)c1nc2c(c(=O)[nH]1)CN(Cc1ccc(-c3ccc4c(c3)OCO4)nc1)CC2. The van der Waals surface area contributed by atoms with Crippen molar-refractivity contribution >= 4 is 0 Å². The second-order valence-electron chi connectivity index (χ2n) is 8.11. The number of nitrogens with one attached hydrogen (secondary N) is 1. The van der Waals surface area contributed by atoms with Gasteiger partial charge in [0.1, 0.15) is 5.82 Å². The molecule has 2 aliphatic heterocycles. The Labute approximate surface area is 174 Å². The number of aromatic nitrogens is 3. The number of pyridine rings is 1. The molecule has 7 heteroatoms. The summed E-state index contributed by atoms with van der Waals surface area (Å²) in [5, 5.41) is 0. The standard InChI is InChI=1S/C23H24N4O3/c1-14(2)22-25-19-7-8-27(12-17(19)23(28)26-22)11-15-3-5-18(24-10-15)16-4-6-20-21(9-16)30-13-29-20/h3-6,9-10,14H,7-8,11-13H2,1-2H3,(H,25,26,28). The summed E-state index contributed by atoms with van der Waals surface area (Å²) in [5.74, 6) is 2.52. The Balaban J connectivity index is 1.30. The maximum absolute atomic E-state index is 12.5. The Kier molecular flexibility index (Phi) is 4.75. The van der Waals surface area contributed by atoms with Gasteiger partial charge in [-0.05, 0) is 29.8 Å². The van der Waals surface area contributed by atoms with E-state index >= 15 is 0 Å². The Morgan fingerprint density at radius 1 is 1.17 bits per heavy atom. The second kappa shape index (κ2) is 7.57. The molecule has 5 rings (SSSR count). The second-order valence-corrected chi connectivity index (χ2v) is 8.11. The number of hydrogen-bond acceptors (Lipinski definition) is 6. The van der Waals surface area contributed by atoms with Crippen LogP contribution in [0.2, 0.25) is 0 Å². The number of nitrogens with zero attached hydrogens (tertiary/aromatic N) is 3. The quantitative estimate of drug-likeness (QED) is 0.719. The first-order valence-corrected chi connectivity index (χ1v) is 10.3. The van der Waals surface area contributed by atoms with Crippen LogP contribution >= 0.6 is 0 Å². The van der Waals surface area contributed by atoms with E-state index in [0.717, 1.165) is 64.9 Å². The van der Waals surface area contributed by atoms with Crippen LogP contribution in [-0.2, 0) is 19.5 Å². The van der Waals surface area contributed by atoms with Crippen LogP contribution in [0.1, 0.15) is 42.4 Å². The molecule has 2 aliphatic rings. The lowest BCUT2D eigenvalue weighted by molar-refractivity contribution is 0.174. The Morgan fingerprint density at radius 3 is 2.83 bits per heavy atom. The highest BCUT2D eigenvalue weighted by Gasteiger charge is 2.22. The van der Waals surface area contributed by atoms with Crippen molar-refractivity contribution in [3.63, 3.8) is 0 Å². The minimum absolute atomic E-state index is 0.00955. The van der Waals surface area contributed by atoms with E-state index in [1.165, 1.54) is 0 Å². The summed E-state index contributed by atoms with van der Waals surface area (Å²) < 4.78 is 10.8. The predicted molar refractivity (Wildman–Crippen MR) is 113 cm³/mol. The smallest absolute Gasteiger partial charge is 0.255 e. The monoisotopic (exact) mass is 404 g/mol. The van der Waals surface area contributed by atoms with Gasteiger partial charge in [-0.3, -0.25) is 14.7 Å². The number of benzene rings is 1. The van der Waals surface area contributed by atoms with Crippen molar-refractivity contribution in [2.75, 3.05) is 13.3 Å². The maximum Gasteiger partial charge on any atom is 0.255 e. The number of H-pyrrole nitrogens is 1. The third-order valence-electron chi connectivity index (χ3n) is 5.61. The van der Waals surface area contributed by atoms with Gasteiger partial charge in [0.05, 0.1) is 17.0 Å². The zero-order valence-electron chi connectivity index (χ0n) is 17.1. The van der Waals surface area contributed by atoms with Gasteiger partial charge in [-0.15, -0.1) is 0 Å². The van der Waals surface area contributed by atoms with E-state index in [9.17, 15) is 4.79 Å². The molecular formula is C23H24N4O3. The first kappa shape index (κ1) is 18.8. The summed E-state index contributed by atoms with van der Waals surface area (Å²) >= 11 is 0. The number of rotatable bonds is 4. The lowest BCUT2D eigenvalue weighted by atomic mass is 10.0. The van der Waals surface area contributed by atoms with E-state index in [4.69, 9.17) is 9.47 Å². The van der Waals surface area contributed by atoms with Crippen molar-refractivity contribution in [3.05, 3.63) is 69.5 Å². The van der Waals surface area contributed by atoms with Gasteiger partial charge >= 0.3 is 0 Å². The Bertz CT molecular complexity index is 1140. The lowest BCUT2D eigenvalue weighted by Crippen LogP contribution is -2.36. The molecule has 154 valence electrons. The van der Waals surface area contributed by atoms with Gasteiger partial charge in [0, 0.05) is 43.7 Å². The van der Waals surface area contributed by atoms with Gasteiger partial charge in [-0.1, -0.05) is 19.9 Å². The zero-order valence-corrected chi connectivity index (χ0v) is 17.1. The molecule has 0 bridgehead atoms. The minimum atomic E-state index is -0.00955. The Morgan fingerprint density at radius 2 is 2.03 bits per heavy atom. The molecule has 2 aromatic heterocycles. The molecule has 4 heterocycles. The van der Waals surface area contributed by atoms with E-state index in [1.807, 2.05) is 44.3 Å². The van der Waals surface area contributed by atoms with Crippen LogP contribution in [-0.4, -0.2) is 33.2 Å². The topological polar surface area (TPSA) is 80.3 Å². The summed E-state index contributed by atoms with van der Waals surface area (Å²) in [6.07, 6.45) is 2.70. The minimum Gasteiger partial charge on any atom is -0.454 e. The number of hydrogen-bond donors (Lipinski definition) is 1. The van der Waals surface area contributed by atoms with Crippen LogP contribution in [0.5, 0.6) is 11.5 Å². The van der Waals surface area contributed by atoms with Gasteiger partial charge in [-0.2, -0.15) is 0 Å². The largest absolute Gasteiger partial charge is 0.454 e. The van der Waals surface area contributed by atoms with Crippen molar-refractivity contribution < 1.29 is 9.47 Å². The number of aromatic amines is 1. The maximum atomic E-state index is 12.5. The normalized spacial score (nSPS) is 15.4. The van der Waals surface area contributed by atoms with Crippen molar-refractivity contribution in [1.82, 2.24) is 19.9 Å². The van der Waals surface area contributed by atoms with Crippen LogP contribution in [0, 0.1) is 0 Å². The van der Waals surface area contributed by atoms with Crippen LogP contribution in [0.15, 0.2) is 41.3 Å². The highest BCUT2D eigenvalue weighted by atomic mass is 16.7. The summed E-state index contributed by atoms with van der Waals surface area (Å²) in [4.78, 5) is 27.0. The molecule has 1 aromatic carbocycles. The van der Waals surface area contributed by atoms with E-state index in [-0.39, 0.29) is 18.3 Å².